The molecule has 3 heterocycles. The fourth-order valence-corrected chi connectivity index (χ4v) is 5.56. The molecule has 3 aromatic rings. The van der Waals surface area contributed by atoms with Crippen LogP contribution in [-0.4, -0.2) is 66.7 Å². The molecule has 1 fully saturated rings. The van der Waals surface area contributed by atoms with Crippen molar-refractivity contribution in [2.45, 2.75) is 45.2 Å². The topological polar surface area (TPSA) is 61.8 Å². The van der Waals surface area contributed by atoms with Gasteiger partial charge in [-0.3, -0.25) is 4.79 Å². The van der Waals surface area contributed by atoms with Gasteiger partial charge in [0.15, 0.2) is 18.2 Å². The van der Waals surface area contributed by atoms with Crippen molar-refractivity contribution in [2.24, 2.45) is 0 Å². The van der Waals surface area contributed by atoms with E-state index in [0.29, 0.717) is 40.1 Å². The van der Waals surface area contributed by atoms with Crippen molar-refractivity contribution >= 4 is 28.9 Å². The Labute approximate surface area is 232 Å². The Balaban J connectivity index is 1.39. The molecular weight excluding hydrogens is 524 g/mol. The Kier molecular flexibility index (Phi) is 7.73. The minimum Gasteiger partial charge on any atom is -0.478 e. The van der Waals surface area contributed by atoms with E-state index in [1.807, 2.05) is 26.0 Å². The molecule has 0 unspecified atom stereocenters. The van der Waals surface area contributed by atoms with Gasteiger partial charge in [-0.05, 0) is 70.6 Å². The molecule has 0 radical (unpaired) electrons. The van der Waals surface area contributed by atoms with Gasteiger partial charge in [-0.1, -0.05) is 17.7 Å². The first-order valence-corrected chi connectivity index (χ1v) is 13.5. The number of ether oxygens (including phenoxy) is 1. The van der Waals surface area contributed by atoms with E-state index in [0.717, 1.165) is 25.9 Å². The second-order valence-electron chi connectivity index (χ2n) is 10.6. The van der Waals surface area contributed by atoms with E-state index >= 15 is 8.78 Å². The number of halogens is 3. The fourth-order valence-electron chi connectivity index (χ4n) is 5.36. The van der Waals surface area contributed by atoms with E-state index in [-0.39, 0.29) is 41.6 Å². The maximum atomic E-state index is 15.1. The first-order chi connectivity index (χ1) is 18.6. The molecule has 0 atom stereocenters. The number of anilines is 2. The summed E-state index contributed by atoms with van der Waals surface area (Å²) in [6.07, 6.45) is 3.72. The average Bonchev–Trinajstić information content (AvgIpc) is 2.89. The number of fused-ring (bicyclic) bond motifs is 1. The third-order valence-corrected chi connectivity index (χ3v) is 7.66. The summed E-state index contributed by atoms with van der Waals surface area (Å²) in [4.78, 5) is 27.2. The zero-order chi connectivity index (χ0) is 27.8. The SMILES string of the molecule is CC(C)N1C(=O)COc2c(F)cc(-c3nc(Cc4ccc(N5CCC(N(C)C)CC5)c(F)c4)ncc3Cl)cc21. The zero-order valence-electron chi connectivity index (χ0n) is 22.5. The summed E-state index contributed by atoms with van der Waals surface area (Å²) in [7, 11) is 4.16. The molecule has 2 aromatic carbocycles. The van der Waals surface area contributed by atoms with Crippen LogP contribution in [0.3, 0.4) is 0 Å². The second-order valence-corrected chi connectivity index (χ2v) is 11.0. The van der Waals surface area contributed by atoms with Gasteiger partial charge in [0.2, 0.25) is 0 Å². The van der Waals surface area contributed by atoms with Crippen molar-refractivity contribution in [3.63, 3.8) is 0 Å². The number of hydrogen-bond acceptors (Lipinski definition) is 6. The Bertz CT molecular complexity index is 1390. The maximum Gasteiger partial charge on any atom is 0.265 e. The van der Waals surface area contributed by atoms with Crippen LogP contribution in [0.25, 0.3) is 11.3 Å². The van der Waals surface area contributed by atoms with Crippen molar-refractivity contribution < 1.29 is 18.3 Å². The van der Waals surface area contributed by atoms with Gasteiger partial charge < -0.3 is 19.4 Å². The number of hydrogen-bond donors (Lipinski definition) is 0. The van der Waals surface area contributed by atoms with E-state index in [1.54, 1.807) is 6.07 Å². The summed E-state index contributed by atoms with van der Waals surface area (Å²) < 4.78 is 35.6. The number of nitrogens with zero attached hydrogens (tertiary/aromatic N) is 5. The molecule has 39 heavy (non-hydrogen) atoms. The Morgan fingerprint density at radius 3 is 2.51 bits per heavy atom. The van der Waals surface area contributed by atoms with Crippen molar-refractivity contribution in [1.82, 2.24) is 14.9 Å². The number of amides is 1. The monoisotopic (exact) mass is 555 g/mol. The molecule has 7 nitrogen and oxygen atoms in total. The molecule has 0 spiro atoms. The van der Waals surface area contributed by atoms with E-state index in [9.17, 15) is 4.79 Å². The van der Waals surface area contributed by atoms with Crippen molar-refractivity contribution in [3.05, 3.63) is 64.6 Å². The number of carbonyl (C=O) groups is 1. The van der Waals surface area contributed by atoms with Crippen LogP contribution in [0.2, 0.25) is 5.02 Å². The van der Waals surface area contributed by atoms with Gasteiger partial charge in [-0.2, -0.15) is 0 Å². The lowest BCUT2D eigenvalue weighted by molar-refractivity contribution is -0.121. The van der Waals surface area contributed by atoms with Gasteiger partial charge in [-0.15, -0.1) is 0 Å². The molecule has 0 bridgehead atoms. The number of benzene rings is 2. The largest absolute Gasteiger partial charge is 0.478 e. The summed E-state index contributed by atoms with van der Waals surface area (Å²) in [5, 5.41) is 0.236. The zero-order valence-corrected chi connectivity index (χ0v) is 23.3. The molecule has 2 aliphatic rings. The van der Waals surface area contributed by atoms with Crippen LogP contribution in [-0.2, 0) is 11.2 Å². The molecule has 1 amide bonds. The first kappa shape index (κ1) is 27.3. The fraction of sp³-hybridized carbons (Fsp3) is 0.414. The third kappa shape index (κ3) is 5.56. The molecular formula is C29H32ClF2N5O2. The Hall–Kier alpha value is -3.30. The second kappa shape index (κ2) is 11.1. The molecule has 206 valence electrons. The van der Waals surface area contributed by atoms with Crippen LogP contribution in [0.5, 0.6) is 5.75 Å². The van der Waals surface area contributed by atoms with Gasteiger partial charge >= 0.3 is 0 Å². The lowest BCUT2D eigenvalue weighted by atomic mass is 10.0. The van der Waals surface area contributed by atoms with E-state index < -0.39 is 5.82 Å². The smallest absolute Gasteiger partial charge is 0.265 e. The van der Waals surface area contributed by atoms with Crippen LogP contribution in [0, 0.1) is 11.6 Å². The molecule has 0 aliphatic carbocycles. The summed E-state index contributed by atoms with van der Waals surface area (Å²) in [6.45, 7) is 5.10. The molecule has 0 saturated carbocycles. The Morgan fingerprint density at radius 1 is 1.10 bits per heavy atom. The normalized spacial score (nSPS) is 16.2. The highest BCUT2D eigenvalue weighted by Crippen LogP contribution is 2.40. The van der Waals surface area contributed by atoms with Crippen molar-refractivity contribution in [2.75, 3.05) is 43.6 Å². The van der Waals surface area contributed by atoms with E-state index in [4.69, 9.17) is 16.3 Å². The average molecular weight is 556 g/mol. The van der Waals surface area contributed by atoms with Crippen molar-refractivity contribution in [1.29, 1.82) is 0 Å². The molecule has 5 rings (SSSR count). The summed E-state index contributed by atoms with van der Waals surface area (Å²) in [6, 6.07) is 8.49. The van der Waals surface area contributed by atoms with E-state index in [2.05, 4.69) is 33.9 Å². The molecule has 2 aliphatic heterocycles. The highest BCUT2D eigenvalue weighted by atomic mass is 35.5. The van der Waals surface area contributed by atoms with Gasteiger partial charge in [0, 0.05) is 43.4 Å². The van der Waals surface area contributed by atoms with Gasteiger partial charge in [0.25, 0.3) is 5.91 Å². The maximum absolute atomic E-state index is 15.1. The minimum absolute atomic E-state index is 0.0268. The van der Waals surface area contributed by atoms with Gasteiger partial charge in [0.05, 0.1) is 22.1 Å². The highest BCUT2D eigenvalue weighted by Gasteiger charge is 2.31. The highest BCUT2D eigenvalue weighted by molar-refractivity contribution is 6.32. The molecule has 0 N–H and O–H groups in total. The summed E-state index contributed by atoms with van der Waals surface area (Å²) >= 11 is 6.43. The van der Waals surface area contributed by atoms with Crippen LogP contribution in [0.4, 0.5) is 20.2 Å². The number of carbonyl (C=O) groups excluding carboxylic acids is 1. The first-order valence-electron chi connectivity index (χ1n) is 13.1. The van der Waals surface area contributed by atoms with Gasteiger partial charge in [-0.25, -0.2) is 18.7 Å². The van der Waals surface area contributed by atoms with Crippen LogP contribution < -0.4 is 14.5 Å². The predicted molar refractivity (Wildman–Crippen MR) is 149 cm³/mol. The van der Waals surface area contributed by atoms with Crippen LogP contribution in [0.15, 0.2) is 36.5 Å². The summed E-state index contributed by atoms with van der Waals surface area (Å²) in [5.74, 6) is -0.695. The third-order valence-electron chi connectivity index (χ3n) is 7.39. The summed E-state index contributed by atoms with van der Waals surface area (Å²) in [5.41, 5.74) is 2.37. The minimum atomic E-state index is -0.607. The van der Waals surface area contributed by atoms with Crippen LogP contribution >= 0.6 is 11.6 Å². The number of aromatic nitrogens is 2. The quantitative estimate of drug-likeness (QED) is 0.410. The predicted octanol–water partition coefficient (Wildman–Crippen LogP) is 5.33. The van der Waals surface area contributed by atoms with E-state index in [1.165, 1.54) is 23.2 Å². The molecule has 10 heteroatoms. The number of rotatable bonds is 6. The van der Waals surface area contributed by atoms with Crippen molar-refractivity contribution in [3.8, 4) is 17.0 Å². The lowest BCUT2D eigenvalue weighted by Crippen LogP contribution is -2.43. The number of piperidine rings is 1. The van der Waals surface area contributed by atoms with Gasteiger partial charge in [0.1, 0.15) is 11.6 Å². The Morgan fingerprint density at radius 2 is 1.85 bits per heavy atom. The lowest BCUT2D eigenvalue weighted by Gasteiger charge is -2.36. The van der Waals surface area contributed by atoms with Crippen LogP contribution in [0.1, 0.15) is 38.1 Å². The standard InChI is InChI=1S/C29H32ClF2N5O2/c1-17(2)37-25-14-19(13-23(32)29(25)39-16-27(37)38)28-21(30)15-33-26(34-28)12-18-5-6-24(22(31)11-18)36-9-7-20(8-10-36)35(3)4/h5-6,11,13-15,17,20H,7-10,12,16H2,1-4H3. The molecule has 1 aromatic heterocycles. The molecule has 1 saturated heterocycles.